The van der Waals surface area contributed by atoms with Crippen molar-refractivity contribution < 1.29 is 14.6 Å². The summed E-state index contributed by atoms with van der Waals surface area (Å²) >= 11 is 0. The van der Waals surface area contributed by atoms with Crippen molar-refractivity contribution in [3.63, 3.8) is 0 Å². The molecule has 17 heavy (non-hydrogen) atoms. The predicted molar refractivity (Wildman–Crippen MR) is 67.7 cm³/mol. The lowest BCUT2D eigenvalue weighted by Gasteiger charge is -2.22. The minimum absolute atomic E-state index is 0.100. The molecule has 0 aromatic heterocycles. The molecule has 0 heterocycles. The van der Waals surface area contributed by atoms with Crippen LogP contribution in [0.2, 0.25) is 0 Å². The van der Waals surface area contributed by atoms with Crippen LogP contribution in [0.1, 0.15) is 52.9 Å². The lowest BCUT2D eigenvalue weighted by molar-refractivity contribution is -0.137. The maximum Gasteiger partial charge on any atom is 0.370 e. The Morgan fingerprint density at radius 2 is 1.88 bits per heavy atom. The van der Waals surface area contributed by atoms with Gasteiger partial charge >= 0.3 is 5.97 Å². The van der Waals surface area contributed by atoms with Crippen LogP contribution in [0.5, 0.6) is 0 Å². The first kappa shape index (κ1) is 14.1. The predicted octanol–water partition coefficient (Wildman–Crippen LogP) is 3.60. The molecule has 0 bridgehead atoms. The first-order chi connectivity index (χ1) is 7.88. The highest BCUT2D eigenvalue weighted by Crippen LogP contribution is 2.25. The maximum absolute atomic E-state index is 11.1. The van der Waals surface area contributed by atoms with Gasteiger partial charge in [0.2, 0.25) is 5.76 Å². The standard InChI is InChI=1S/C14H24O3/c1-14(2,3)9-12(13(15)16)17-10-11-7-5-4-6-8-11/h9,11H,4-8,10H2,1-3H3,(H,15,16). The van der Waals surface area contributed by atoms with Crippen LogP contribution in [-0.2, 0) is 9.53 Å². The number of hydrogen-bond acceptors (Lipinski definition) is 2. The highest BCUT2D eigenvalue weighted by molar-refractivity contribution is 5.84. The Balaban J connectivity index is 2.50. The third-order valence-electron chi connectivity index (χ3n) is 2.97. The summed E-state index contributed by atoms with van der Waals surface area (Å²) in [5.74, 6) is -0.328. The van der Waals surface area contributed by atoms with E-state index < -0.39 is 5.97 Å². The Hall–Kier alpha value is -0.990. The second-order valence-corrected chi connectivity index (χ2v) is 5.99. The van der Waals surface area contributed by atoms with Gasteiger partial charge in [0.25, 0.3) is 0 Å². The smallest absolute Gasteiger partial charge is 0.370 e. The fourth-order valence-electron chi connectivity index (χ4n) is 2.12. The average Bonchev–Trinajstić information content (AvgIpc) is 2.24. The van der Waals surface area contributed by atoms with Gasteiger partial charge < -0.3 is 9.84 Å². The van der Waals surface area contributed by atoms with Crippen LogP contribution in [0.4, 0.5) is 0 Å². The second-order valence-electron chi connectivity index (χ2n) is 5.99. The molecule has 1 aliphatic rings. The van der Waals surface area contributed by atoms with Gasteiger partial charge in [-0.3, -0.25) is 0 Å². The van der Waals surface area contributed by atoms with Crippen LogP contribution >= 0.6 is 0 Å². The van der Waals surface area contributed by atoms with Crippen LogP contribution in [0.25, 0.3) is 0 Å². The van der Waals surface area contributed by atoms with Gasteiger partial charge in [0, 0.05) is 0 Å². The van der Waals surface area contributed by atoms with Crippen LogP contribution in [0.3, 0.4) is 0 Å². The van der Waals surface area contributed by atoms with E-state index in [4.69, 9.17) is 9.84 Å². The molecule has 1 aliphatic carbocycles. The molecule has 0 radical (unpaired) electrons. The van der Waals surface area contributed by atoms with Gasteiger partial charge in [-0.25, -0.2) is 4.79 Å². The van der Waals surface area contributed by atoms with Gasteiger partial charge in [-0.15, -0.1) is 0 Å². The topological polar surface area (TPSA) is 46.5 Å². The zero-order chi connectivity index (χ0) is 12.9. The molecule has 1 fully saturated rings. The van der Waals surface area contributed by atoms with Crippen LogP contribution < -0.4 is 0 Å². The van der Waals surface area contributed by atoms with Crippen molar-refractivity contribution in [1.82, 2.24) is 0 Å². The van der Waals surface area contributed by atoms with Crippen molar-refractivity contribution in [3.05, 3.63) is 11.8 Å². The first-order valence-corrected chi connectivity index (χ1v) is 6.47. The van der Waals surface area contributed by atoms with E-state index in [9.17, 15) is 4.79 Å². The Bertz CT molecular complexity index is 280. The quantitative estimate of drug-likeness (QED) is 0.603. The molecule has 1 N–H and O–H groups in total. The normalized spacial score (nSPS) is 19.1. The molecular formula is C14H24O3. The zero-order valence-corrected chi connectivity index (χ0v) is 11.2. The molecular weight excluding hydrogens is 216 g/mol. The number of aliphatic carboxylic acids is 1. The maximum atomic E-state index is 11.1. The van der Waals surface area contributed by atoms with E-state index in [-0.39, 0.29) is 11.2 Å². The summed E-state index contributed by atoms with van der Waals surface area (Å²) in [7, 11) is 0. The third-order valence-corrected chi connectivity index (χ3v) is 2.97. The Labute approximate surface area is 104 Å². The lowest BCUT2D eigenvalue weighted by Crippen LogP contribution is -2.17. The summed E-state index contributed by atoms with van der Waals surface area (Å²) in [6.45, 7) is 6.47. The summed E-state index contributed by atoms with van der Waals surface area (Å²) in [6.07, 6.45) is 7.84. The van der Waals surface area contributed by atoms with Crippen LogP contribution in [0, 0.1) is 11.3 Å². The highest BCUT2D eigenvalue weighted by atomic mass is 16.5. The van der Waals surface area contributed by atoms with Crippen molar-refractivity contribution in [2.45, 2.75) is 52.9 Å². The van der Waals surface area contributed by atoms with Crippen LogP contribution in [0.15, 0.2) is 11.8 Å². The van der Waals surface area contributed by atoms with Crippen molar-refractivity contribution in [2.24, 2.45) is 11.3 Å². The average molecular weight is 240 g/mol. The molecule has 0 atom stereocenters. The third kappa shape index (κ3) is 5.76. The van der Waals surface area contributed by atoms with Gasteiger partial charge in [-0.1, -0.05) is 40.0 Å². The first-order valence-electron chi connectivity index (χ1n) is 6.47. The number of allylic oxidation sites excluding steroid dienone is 1. The summed E-state index contributed by atoms with van der Waals surface area (Å²) in [5, 5.41) is 9.07. The van der Waals surface area contributed by atoms with E-state index in [0.29, 0.717) is 12.5 Å². The summed E-state index contributed by atoms with van der Waals surface area (Å²) in [4.78, 5) is 11.1. The molecule has 0 aromatic rings. The van der Waals surface area contributed by atoms with E-state index in [1.54, 1.807) is 6.08 Å². The Morgan fingerprint density at radius 3 is 2.35 bits per heavy atom. The summed E-state index contributed by atoms with van der Waals surface area (Å²) < 4.78 is 5.48. The van der Waals surface area contributed by atoms with Crippen molar-refractivity contribution in [2.75, 3.05) is 6.61 Å². The number of rotatable bonds is 4. The number of hydrogen-bond donors (Lipinski definition) is 1. The van der Waals surface area contributed by atoms with Crippen molar-refractivity contribution >= 4 is 5.97 Å². The Kier molecular flexibility index (Phi) is 5.03. The lowest BCUT2D eigenvalue weighted by atomic mass is 9.90. The molecule has 98 valence electrons. The molecule has 0 spiro atoms. The van der Waals surface area contributed by atoms with E-state index in [1.165, 1.54) is 32.1 Å². The van der Waals surface area contributed by atoms with E-state index >= 15 is 0 Å². The van der Waals surface area contributed by atoms with E-state index in [1.807, 2.05) is 20.8 Å². The monoisotopic (exact) mass is 240 g/mol. The second kappa shape index (κ2) is 6.08. The number of carbonyl (C=O) groups is 1. The fraction of sp³-hybridized carbons (Fsp3) is 0.786. The molecule has 3 heteroatoms. The molecule has 0 aliphatic heterocycles. The van der Waals surface area contributed by atoms with Gasteiger partial charge in [-0.05, 0) is 30.3 Å². The molecule has 0 saturated heterocycles. The molecule has 0 unspecified atom stereocenters. The summed E-state index contributed by atoms with van der Waals surface area (Å²) in [5.41, 5.74) is -0.166. The Morgan fingerprint density at radius 1 is 1.29 bits per heavy atom. The zero-order valence-electron chi connectivity index (χ0n) is 11.2. The SMILES string of the molecule is CC(C)(C)C=C(OCC1CCCCC1)C(=O)O. The van der Waals surface area contributed by atoms with Gasteiger partial charge in [0.1, 0.15) is 0 Å². The number of carboxylic acid groups (broad SMARTS) is 1. The van der Waals surface area contributed by atoms with Gasteiger partial charge in [-0.2, -0.15) is 0 Å². The van der Waals surface area contributed by atoms with Gasteiger partial charge in [0.05, 0.1) is 6.61 Å². The molecule has 1 saturated carbocycles. The highest BCUT2D eigenvalue weighted by Gasteiger charge is 2.19. The van der Waals surface area contributed by atoms with Gasteiger partial charge in [0.15, 0.2) is 0 Å². The molecule has 3 nitrogen and oxygen atoms in total. The van der Waals surface area contributed by atoms with Crippen molar-refractivity contribution in [1.29, 1.82) is 0 Å². The minimum Gasteiger partial charge on any atom is -0.486 e. The largest absolute Gasteiger partial charge is 0.486 e. The van der Waals surface area contributed by atoms with Crippen molar-refractivity contribution in [3.8, 4) is 0 Å². The number of ether oxygens (including phenoxy) is 1. The summed E-state index contributed by atoms with van der Waals surface area (Å²) in [6, 6.07) is 0. The number of carboxylic acids is 1. The fourth-order valence-corrected chi connectivity index (χ4v) is 2.12. The molecule has 0 amide bonds. The molecule has 1 rings (SSSR count). The molecule has 0 aromatic carbocycles. The minimum atomic E-state index is -0.962. The van der Waals surface area contributed by atoms with E-state index in [0.717, 1.165) is 0 Å². The van der Waals surface area contributed by atoms with Crippen LogP contribution in [-0.4, -0.2) is 17.7 Å². The van der Waals surface area contributed by atoms with E-state index in [2.05, 4.69) is 0 Å².